The third kappa shape index (κ3) is 4.91. The lowest BCUT2D eigenvalue weighted by Crippen LogP contribution is -2.32. The van der Waals surface area contributed by atoms with E-state index in [1.165, 1.54) is 12.8 Å². The fourth-order valence-corrected chi connectivity index (χ4v) is 2.17. The molecule has 1 saturated heterocycles. The second-order valence-corrected chi connectivity index (χ2v) is 4.76. The first-order valence-corrected chi connectivity index (χ1v) is 6.89. The van der Waals surface area contributed by atoms with E-state index in [9.17, 15) is 4.79 Å². The number of carbonyl (C=O) groups is 1. The number of nitrogens with zero attached hydrogens (tertiary/aromatic N) is 1. The maximum atomic E-state index is 11.8. The fourth-order valence-electron chi connectivity index (χ4n) is 2.17. The van der Waals surface area contributed by atoms with Gasteiger partial charge in [-0.2, -0.15) is 0 Å². The molecule has 0 aliphatic carbocycles. The molecule has 104 valence electrons. The average molecular weight is 263 g/mol. The quantitative estimate of drug-likeness (QED) is 0.618. The minimum atomic E-state index is -0.255. The molecule has 1 aromatic carbocycles. The van der Waals surface area contributed by atoms with Gasteiger partial charge in [0.15, 0.2) is 6.79 Å². The van der Waals surface area contributed by atoms with E-state index in [0.717, 1.165) is 31.5 Å². The van der Waals surface area contributed by atoms with Gasteiger partial charge < -0.3 is 14.4 Å². The topological polar surface area (TPSA) is 38.8 Å². The summed E-state index contributed by atoms with van der Waals surface area (Å²) in [6, 6.07) is 9.85. The van der Waals surface area contributed by atoms with E-state index in [-0.39, 0.29) is 12.9 Å². The number of carbonyl (C=O) groups excluding carboxylic acids is 1. The van der Waals surface area contributed by atoms with Crippen LogP contribution in [0.2, 0.25) is 0 Å². The predicted molar refractivity (Wildman–Crippen MR) is 72.6 cm³/mol. The first kappa shape index (κ1) is 13.9. The lowest BCUT2D eigenvalue weighted by molar-refractivity contribution is -0.0350. The maximum absolute atomic E-state index is 11.8. The molecule has 1 aliphatic rings. The van der Waals surface area contributed by atoms with Gasteiger partial charge in [-0.05, 0) is 18.4 Å². The number of benzene rings is 1. The van der Waals surface area contributed by atoms with Crippen LogP contribution in [0.4, 0.5) is 4.79 Å². The zero-order valence-electron chi connectivity index (χ0n) is 11.2. The Bertz CT molecular complexity index is 372. The van der Waals surface area contributed by atoms with Crippen LogP contribution in [0.25, 0.3) is 0 Å². The summed E-state index contributed by atoms with van der Waals surface area (Å²) in [5.74, 6) is 0. The van der Waals surface area contributed by atoms with Gasteiger partial charge >= 0.3 is 6.09 Å². The smallest absolute Gasteiger partial charge is 0.411 e. The Morgan fingerprint density at radius 3 is 2.42 bits per heavy atom. The highest BCUT2D eigenvalue weighted by Gasteiger charge is 2.16. The Hall–Kier alpha value is -1.55. The van der Waals surface area contributed by atoms with Gasteiger partial charge in [0.25, 0.3) is 0 Å². The molecule has 1 aliphatic heterocycles. The van der Waals surface area contributed by atoms with Gasteiger partial charge in [-0.3, -0.25) is 0 Å². The van der Waals surface area contributed by atoms with Crippen LogP contribution in [-0.4, -0.2) is 30.9 Å². The van der Waals surface area contributed by atoms with Crippen LogP contribution in [0.1, 0.15) is 31.2 Å². The standard InChI is InChI=1S/C15H21NO3/c17-15(16-10-6-1-2-7-11-16)19-13-18-12-14-8-4-3-5-9-14/h3-5,8-9H,1-2,6-7,10-13H2. The second kappa shape index (κ2) is 7.79. The molecule has 4 heteroatoms. The van der Waals surface area contributed by atoms with Crippen LogP contribution in [0, 0.1) is 0 Å². The van der Waals surface area contributed by atoms with Crippen molar-refractivity contribution in [2.45, 2.75) is 32.3 Å². The van der Waals surface area contributed by atoms with Gasteiger partial charge in [-0.1, -0.05) is 43.2 Å². The molecule has 1 aromatic rings. The lowest BCUT2D eigenvalue weighted by atomic mass is 10.2. The Kier molecular flexibility index (Phi) is 5.69. The first-order valence-electron chi connectivity index (χ1n) is 6.89. The van der Waals surface area contributed by atoms with Crippen LogP contribution in [0.3, 0.4) is 0 Å². The van der Waals surface area contributed by atoms with Gasteiger partial charge in [0.05, 0.1) is 6.61 Å². The molecule has 0 saturated carbocycles. The molecule has 0 radical (unpaired) electrons. The van der Waals surface area contributed by atoms with Gasteiger partial charge in [-0.25, -0.2) is 4.79 Å². The summed E-state index contributed by atoms with van der Waals surface area (Å²) in [6.45, 7) is 2.09. The zero-order valence-corrected chi connectivity index (χ0v) is 11.2. The molecule has 19 heavy (non-hydrogen) atoms. The van der Waals surface area contributed by atoms with Crippen LogP contribution >= 0.6 is 0 Å². The molecule has 4 nitrogen and oxygen atoms in total. The Labute approximate surface area is 114 Å². The fraction of sp³-hybridized carbons (Fsp3) is 0.533. The Balaban J connectivity index is 1.63. The van der Waals surface area contributed by atoms with Crippen LogP contribution < -0.4 is 0 Å². The Morgan fingerprint density at radius 2 is 1.74 bits per heavy atom. The highest BCUT2D eigenvalue weighted by Crippen LogP contribution is 2.10. The number of likely N-dealkylation sites (tertiary alicyclic amines) is 1. The largest absolute Gasteiger partial charge is 0.422 e. The number of ether oxygens (including phenoxy) is 2. The number of rotatable bonds is 4. The summed E-state index contributed by atoms with van der Waals surface area (Å²) >= 11 is 0. The molecular formula is C15H21NO3. The van der Waals surface area contributed by atoms with E-state index in [0.29, 0.717) is 6.61 Å². The summed E-state index contributed by atoms with van der Waals surface area (Å²) in [4.78, 5) is 13.6. The highest BCUT2D eigenvalue weighted by atomic mass is 16.7. The zero-order chi connectivity index (χ0) is 13.3. The molecule has 0 spiro atoms. The van der Waals surface area contributed by atoms with Crippen LogP contribution in [0.5, 0.6) is 0 Å². The van der Waals surface area contributed by atoms with Crippen molar-refractivity contribution in [1.29, 1.82) is 0 Å². The summed E-state index contributed by atoms with van der Waals surface area (Å²) in [7, 11) is 0. The van der Waals surface area contributed by atoms with E-state index in [1.54, 1.807) is 4.90 Å². The molecular weight excluding hydrogens is 242 g/mol. The van der Waals surface area contributed by atoms with Gasteiger partial charge in [0.1, 0.15) is 0 Å². The van der Waals surface area contributed by atoms with Crippen molar-refractivity contribution in [2.75, 3.05) is 19.9 Å². The van der Waals surface area contributed by atoms with Crippen molar-refractivity contribution in [2.24, 2.45) is 0 Å². The monoisotopic (exact) mass is 263 g/mol. The Morgan fingerprint density at radius 1 is 1.05 bits per heavy atom. The highest BCUT2D eigenvalue weighted by molar-refractivity contribution is 5.67. The third-order valence-corrected chi connectivity index (χ3v) is 3.24. The molecule has 0 unspecified atom stereocenters. The van der Waals surface area contributed by atoms with Crippen molar-refractivity contribution < 1.29 is 14.3 Å². The minimum Gasteiger partial charge on any atom is -0.422 e. The normalized spacial score (nSPS) is 15.9. The molecule has 0 aromatic heterocycles. The van der Waals surface area contributed by atoms with E-state index >= 15 is 0 Å². The minimum absolute atomic E-state index is 0.0181. The molecule has 1 fully saturated rings. The van der Waals surface area contributed by atoms with Gasteiger partial charge in [0.2, 0.25) is 0 Å². The molecule has 0 bridgehead atoms. The third-order valence-electron chi connectivity index (χ3n) is 3.24. The van der Waals surface area contributed by atoms with Crippen LogP contribution in [0.15, 0.2) is 30.3 Å². The lowest BCUT2D eigenvalue weighted by Gasteiger charge is -2.19. The summed E-state index contributed by atoms with van der Waals surface area (Å²) in [6.07, 6.45) is 4.29. The first-order chi connectivity index (χ1) is 9.36. The summed E-state index contributed by atoms with van der Waals surface area (Å²) in [5, 5.41) is 0. The van der Waals surface area contributed by atoms with Crippen molar-refractivity contribution in [3.63, 3.8) is 0 Å². The van der Waals surface area contributed by atoms with Crippen molar-refractivity contribution in [3.8, 4) is 0 Å². The molecule has 0 atom stereocenters. The van der Waals surface area contributed by atoms with Crippen LogP contribution in [-0.2, 0) is 16.1 Å². The maximum Gasteiger partial charge on any atom is 0.411 e. The molecule has 0 N–H and O–H groups in total. The van der Waals surface area contributed by atoms with E-state index in [1.807, 2.05) is 30.3 Å². The predicted octanol–water partition coefficient (Wildman–Crippen LogP) is 3.17. The summed E-state index contributed by atoms with van der Waals surface area (Å²) < 4.78 is 10.5. The number of hydrogen-bond acceptors (Lipinski definition) is 3. The number of hydrogen-bond donors (Lipinski definition) is 0. The van der Waals surface area contributed by atoms with E-state index < -0.39 is 0 Å². The SMILES string of the molecule is O=C(OCOCc1ccccc1)N1CCCCCC1. The molecule has 1 heterocycles. The second-order valence-electron chi connectivity index (χ2n) is 4.76. The van der Waals surface area contributed by atoms with E-state index in [2.05, 4.69) is 0 Å². The molecule has 1 amide bonds. The summed E-state index contributed by atoms with van der Waals surface area (Å²) in [5.41, 5.74) is 1.08. The average Bonchev–Trinajstić information content (AvgIpc) is 2.73. The van der Waals surface area contributed by atoms with E-state index in [4.69, 9.17) is 9.47 Å². The van der Waals surface area contributed by atoms with Crippen molar-refractivity contribution in [1.82, 2.24) is 4.90 Å². The van der Waals surface area contributed by atoms with Crippen molar-refractivity contribution in [3.05, 3.63) is 35.9 Å². The van der Waals surface area contributed by atoms with Crippen molar-refractivity contribution >= 4 is 6.09 Å². The number of amides is 1. The van der Waals surface area contributed by atoms with Gasteiger partial charge in [-0.15, -0.1) is 0 Å². The molecule has 2 rings (SSSR count). The van der Waals surface area contributed by atoms with Gasteiger partial charge in [0, 0.05) is 13.1 Å².